The number of halogens is 1. The van der Waals surface area contributed by atoms with Crippen molar-refractivity contribution in [2.75, 3.05) is 13.1 Å². The molecule has 25 heavy (non-hydrogen) atoms. The Morgan fingerprint density at radius 2 is 1.96 bits per heavy atom. The lowest BCUT2D eigenvalue weighted by Gasteiger charge is -2.29. The maximum atomic E-state index is 12.6. The van der Waals surface area contributed by atoms with Crippen LogP contribution in [0, 0.1) is 0 Å². The van der Waals surface area contributed by atoms with Gasteiger partial charge in [-0.2, -0.15) is 4.31 Å². The number of nitrogens with zero attached hydrogens (tertiary/aromatic N) is 3. The smallest absolute Gasteiger partial charge is 0.252 e. The number of rotatable bonds is 4. The molecule has 132 valence electrons. The summed E-state index contributed by atoms with van der Waals surface area (Å²) in [7, 11) is -3.46. The van der Waals surface area contributed by atoms with E-state index in [2.05, 4.69) is 10.2 Å². The Balaban J connectivity index is 1.45. The molecule has 0 unspecified atom stereocenters. The van der Waals surface area contributed by atoms with Crippen molar-refractivity contribution in [3.63, 3.8) is 0 Å². The molecule has 10 heteroatoms. The van der Waals surface area contributed by atoms with Crippen molar-refractivity contribution in [1.29, 1.82) is 0 Å². The van der Waals surface area contributed by atoms with Crippen LogP contribution in [-0.4, -0.2) is 36.0 Å². The van der Waals surface area contributed by atoms with E-state index < -0.39 is 10.0 Å². The fraction of sp³-hybridized carbons (Fsp3) is 0.333. The first-order chi connectivity index (χ1) is 12.0. The predicted molar refractivity (Wildman–Crippen MR) is 97.7 cm³/mol. The van der Waals surface area contributed by atoms with E-state index in [0.29, 0.717) is 27.4 Å². The summed E-state index contributed by atoms with van der Waals surface area (Å²) in [6.45, 7) is 0.941. The van der Waals surface area contributed by atoms with Gasteiger partial charge in [0.25, 0.3) is 10.0 Å². The van der Waals surface area contributed by atoms with Gasteiger partial charge in [-0.15, -0.1) is 21.5 Å². The first-order valence-corrected chi connectivity index (χ1v) is 11.1. The number of hydrogen-bond donors (Lipinski definition) is 0. The van der Waals surface area contributed by atoms with Crippen LogP contribution in [0.15, 0.2) is 39.2 Å². The van der Waals surface area contributed by atoms with Gasteiger partial charge in [0, 0.05) is 19.0 Å². The monoisotopic (exact) mass is 415 g/mol. The molecule has 6 nitrogen and oxygen atoms in total. The summed E-state index contributed by atoms with van der Waals surface area (Å²) >= 11 is 8.47. The standard InChI is InChI=1S/C15H14ClN3O3S3/c16-12-3-4-13(23-12)25(20,21)19-7-5-10(6-8-19)14-17-18-15(24-14)11-2-1-9-22-11/h1-4,9-10H,5-8H2. The SMILES string of the molecule is O=S(=O)(c1ccc(Cl)s1)N1CCC(c2nnc(-c3ccco3)s2)CC1. The van der Waals surface area contributed by atoms with Crippen molar-refractivity contribution in [3.8, 4) is 10.8 Å². The molecule has 0 bridgehead atoms. The Morgan fingerprint density at radius 3 is 2.60 bits per heavy atom. The molecule has 1 fully saturated rings. The van der Waals surface area contributed by atoms with E-state index in [9.17, 15) is 8.42 Å². The Bertz CT molecular complexity index is 957. The lowest BCUT2D eigenvalue weighted by molar-refractivity contribution is 0.319. The molecule has 1 aliphatic heterocycles. The maximum Gasteiger partial charge on any atom is 0.252 e. The molecular weight excluding hydrogens is 402 g/mol. The highest BCUT2D eigenvalue weighted by atomic mass is 35.5. The van der Waals surface area contributed by atoms with Gasteiger partial charge in [0.15, 0.2) is 10.8 Å². The van der Waals surface area contributed by atoms with E-state index in [1.165, 1.54) is 15.6 Å². The predicted octanol–water partition coefficient (Wildman–Crippen LogP) is 4.08. The Morgan fingerprint density at radius 1 is 1.16 bits per heavy atom. The van der Waals surface area contributed by atoms with E-state index in [1.54, 1.807) is 18.4 Å². The van der Waals surface area contributed by atoms with Gasteiger partial charge >= 0.3 is 0 Å². The van der Waals surface area contributed by atoms with Crippen LogP contribution in [0.2, 0.25) is 4.34 Å². The summed E-state index contributed by atoms with van der Waals surface area (Å²) in [5.41, 5.74) is 0. The highest BCUT2D eigenvalue weighted by Crippen LogP contribution is 2.36. The lowest BCUT2D eigenvalue weighted by Crippen LogP contribution is -2.37. The zero-order valence-electron chi connectivity index (χ0n) is 13.0. The quantitative estimate of drug-likeness (QED) is 0.641. The van der Waals surface area contributed by atoms with Gasteiger partial charge in [-0.05, 0) is 37.1 Å². The summed E-state index contributed by atoms with van der Waals surface area (Å²) in [6, 6.07) is 6.85. The van der Waals surface area contributed by atoms with Crippen LogP contribution in [-0.2, 0) is 10.0 Å². The van der Waals surface area contributed by atoms with Crippen molar-refractivity contribution < 1.29 is 12.8 Å². The second-order valence-corrected chi connectivity index (χ2v) is 10.5. The molecule has 0 saturated carbocycles. The van der Waals surface area contributed by atoms with E-state index in [-0.39, 0.29) is 5.92 Å². The molecule has 0 atom stereocenters. The summed E-state index contributed by atoms with van der Waals surface area (Å²) in [5.74, 6) is 0.929. The largest absolute Gasteiger partial charge is 0.462 e. The second kappa shape index (κ2) is 6.81. The number of piperidine rings is 1. The van der Waals surface area contributed by atoms with Crippen molar-refractivity contribution >= 4 is 44.3 Å². The van der Waals surface area contributed by atoms with Crippen molar-refractivity contribution in [1.82, 2.24) is 14.5 Å². The second-order valence-electron chi connectivity index (χ2n) is 5.66. The van der Waals surface area contributed by atoms with Gasteiger partial charge in [0.05, 0.1) is 10.6 Å². The molecule has 3 aromatic heterocycles. The zero-order chi connectivity index (χ0) is 17.4. The fourth-order valence-corrected chi connectivity index (χ4v) is 6.89. The highest BCUT2D eigenvalue weighted by molar-refractivity contribution is 7.91. The average molecular weight is 416 g/mol. The average Bonchev–Trinajstić information content (AvgIpc) is 3.35. The number of thiophene rings is 1. The van der Waals surface area contributed by atoms with Gasteiger partial charge in [-0.25, -0.2) is 8.42 Å². The summed E-state index contributed by atoms with van der Waals surface area (Å²) < 4.78 is 32.9. The minimum absolute atomic E-state index is 0.222. The van der Waals surface area contributed by atoms with Crippen LogP contribution < -0.4 is 0 Å². The van der Waals surface area contributed by atoms with E-state index in [1.807, 2.05) is 12.1 Å². The molecule has 0 amide bonds. The van der Waals surface area contributed by atoms with Crippen molar-refractivity contribution in [2.45, 2.75) is 23.0 Å². The fourth-order valence-electron chi connectivity index (χ4n) is 2.81. The van der Waals surface area contributed by atoms with Gasteiger partial charge in [0.2, 0.25) is 0 Å². The van der Waals surface area contributed by atoms with Crippen LogP contribution in [0.25, 0.3) is 10.8 Å². The molecular formula is C15H14ClN3O3S3. The molecule has 0 radical (unpaired) electrons. The van der Waals surface area contributed by atoms with Crippen LogP contribution in [0.5, 0.6) is 0 Å². The van der Waals surface area contributed by atoms with E-state index in [4.69, 9.17) is 16.0 Å². The van der Waals surface area contributed by atoms with Gasteiger partial charge in [-0.3, -0.25) is 0 Å². The minimum Gasteiger partial charge on any atom is -0.462 e. The van der Waals surface area contributed by atoms with Crippen LogP contribution >= 0.6 is 34.3 Å². The molecule has 0 spiro atoms. The topological polar surface area (TPSA) is 76.3 Å². The third-order valence-corrected chi connectivity index (χ3v) is 8.82. The molecule has 1 aliphatic rings. The Labute approximate surface area is 158 Å². The first-order valence-electron chi connectivity index (χ1n) is 7.67. The zero-order valence-corrected chi connectivity index (χ0v) is 16.2. The van der Waals surface area contributed by atoms with Gasteiger partial charge < -0.3 is 4.42 Å². The van der Waals surface area contributed by atoms with Crippen molar-refractivity contribution in [2.24, 2.45) is 0 Å². The van der Waals surface area contributed by atoms with E-state index in [0.717, 1.165) is 34.2 Å². The molecule has 4 heterocycles. The minimum atomic E-state index is -3.46. The van der Waals surface area contributed by atoms with Crippen LogP contribution in [0.4, 0.5) is 0 Å². The van der Waals surface area contributed by atoms with Crippen LogP contribution in [0.1, 0.15) is 23.8 Å². The molecule has 0 aromatic carbocycles. The summed E-state index contributed by atoms with van der Waals surface area (Å²) in [5, 5.41) is 10.1. The maximum absolute atomic E-state index is 12.6. The van der Waals surface area contributed by atoms with Gasteiger partial charge in [-0.1, -0.05) is 22.9 Å². The van der Waals surface area contributed by atoms with E-state index >= 15 is 0 Å². The first kappa shape index (κ1) is 17.2. The molecule has 1 saturated heterocycles. The summed E-state index contributed by atoms with van der Waals surface area (Å²) in [6.07, 6.45) is 3.06. The lowest BCUT2D eigenvalue weighted by atomic mass is 9.99. The van der Waals surface area contributed by atoms with Crippen molar-refractivity contribution in [3.05, 3.63) is 39.9 Å². The number of hydrogen-bond acceptors (Lipinski definition) is 7. The number of aromatic nitrogens is 2. The Hall–Kier alpha value is -1.26. The Kier molecular flexibility index (Phi) is 4.67. The number of furan rings is 1. The van der Waals surface area contributed by atoms with Crippen LogP contribution in [0.3, 0.4) is 0 Å². The summed E-state index contributed by atoms with van der Waals surface area (Å²) in [4.78, 5) is 0. The molecule has 4 rings (SSSR count). The molecule has 3 aromatic rings. The van der Waals surface area contributed by atoms with Gasteiger partial charge in [0.1, 0.15) is 9.22 Å². The molecule has 0 N–H and O–H groups in total. The molecule has 0 aliphatic carbocycles. The third kappa shape index (κ3) is 3.39. The number of sulfonamides is 1. The normalized spacial score (nSPS) is 17.2. The third-order valence-electron chi connectivity index (χ3n) is 4.12. The highest BCUT2D eigenvalue weighted by Gasteiger charge is 2.32.